The lowest BCUT2D eigenvalue weighted by Gasteiger charge is -2.18. The van der Waals surface area contributed by atoms with E-state index in [1.54, 1.807) is 7.05 Å². The molecule has 0 bridgehead atoms. The van der Waals surface area contributed by atoms with E-state index in [-0.39, 0.29) is 22.7 Å². The van der Waals surface area contributed by atoms with E-state index in [0.717, 1.165) is 12.1 Å². The highest BCUT2D eigenvalue weighted by Crippen LogP contribution is 2.13. The first-order valence-electron chi connectivity index (χ1n) is 5.22. The normalized spacial score (nSPS) is 12.3. The average molecular weight is 306 g/mol. The maximum Gasteiger partial charge on any atom is 0.226 e. The highest BCUT2D eigenvalue weighted by Gasteiger charge is 2.16. The van der Waals surface area contributed by atoms with Crippen LogP contribution >= 0.6 is 15.9 Å². The van der Waals surface area contributed by atoms with Crippen LogP contribution in [-0.2, 0) is 11.2 Å². The van der Waals surface area contributed by atoms with Crippen LogP contribution in [0.1, 0.15) is 12.5 Å². The van der Waals surface area contributed by atoms with E-state index in [1.807, 2.05) is 6.92 Å². The zero-order valence-electron chi connectivity index (χ0n) is 9.71. The number of carbonyl (C=O) groups excluding carboxylic acids is 1. The van der Waals surface area contributed by atoms with Gasteiger partial charge >= 0.3 is 0 Å². The Kier molecular flexibility index (Phi) is 5.05. The van der Waals surface area contributed by atoms with Crippen LogP contribution in [0.15, 0.2) is 18.2 Å². The molecule has 0 saturated heterocycles. The van der Waals surface area contributed by atoms with Gasteiger partial charge in [-0.1, -0.05) is 28.9 Å². The molecule has 94 valence electrons. The van der Waals surface area contributed by atoms with E-state index >= 15 is 0 Å². The van der Waals surface area contributed by atoms with E-state index in [2.05, 4.69) is 15.9 Å². The molecule has 0 saturated carbocycles. The molecular formula is C12H14BrF2NO. The summed E-state index contributed by atoms with van der Waals surface area (Å²) in [5.74, 6) is -1.67. The minimum atomic E-state index is -0.682. The first-order valence-corrected chi connectivity index (χ1v) is 6.14. The maximum absolute atomic E-state index is 13.3. The second-order valence-electron chi connectivity index (χ2n) is 3.93. The van der Waals surface area contributed by atoms with Gasteiger partial charge in [0.25, 0.3) is 0 Å². The van der Waals surface area contributed by atoms with Gasteiger partial charge < -0.3 is 4.90 Å². The number of carbonyl (C=O) groups is 1. The van der Waals surface area contributed by atoms with E-state index in [0.29, 0.717) is 6.54 Å². The number of benzene rings is 1. The van der Waals surface area contributed by atoms with E-state index < -0.39 is 11.6 Å². The summed E-state index contributed by atoms with van der Waals surface area (Å²) in [6.07, 6.45) is -0.255. The molecule has 0 aromatic heterocycles. The summed E-state index contributed by atoms with van der Waals surface area (Å²) in [6, 6.07) is 3.58. The number of hydrogen-bond donors (Lipinski definition) is 0. The zero-order valence-corrected chi connectivity index (χ0v) is 11.3. The second kappa shape index (κ2) is 6.10. The third-order valence-corrected chi connectivity index (χ3v) is 2.63. The fourth-order valence-corrected chi connectivity index (χ4v) is 1.90. The van der Waals surface area contributed by atoms with Crippen molar-refractivity contribution in [3.63, 3.8) is 0 Å². The van der Waals surface area contributed by atoms with Crippen molar-refractivity contribution in [1.82, 2.24) is 4.90 Å². The molecule has 1 rings (SSSR count). The second-order valence-corrected chi connectivity index (χ2v) is 5.50. The molecule has 0 radical (unpaired) electrons. The molecule has 0 N–H and O–H groups in total. The van der Waals surface area contributed by atoms with Gasteiger partial charge in [0.2, 0.25) is 5.91 Å². The van der Waals surface area contributed by atoms with Crippen LogP contribution in [0.5, 0.6) is 0 Å². The molecule has 0 aliphatic rings. The lowest BCUT2D eigenvalue weighted by molar-refractivity contribution is -0.129. The lowest BCUT2D eigenvalue weighted by atomic mass is 10.1. The lowest BCUT2D eigenvalue weighted by Crippen LogP contribution is -2.32. The smallest absolute Gasteiger partial charge is 0.226 e. The van der Waals surface area contributed by atoms with E-state index in [4.69, 9.17) is 0 Å². The van der Waals surface area contributed by atoms with Gasteiger partial charge in [0.1, 0.15) is 11.6 Å². The van der Waals surface area contributed by atoms with Crippen LogP contribution in [0, 0.1) is 11.6 Å². The maximum atomic E-state index is 13.3. The molecule has 5 heteroatoms. The molecule has 17 heavy (non-hydrogen) atoms. The summed E-state index contributed by atoms with van der Waals surface area (Å²) in [4.78, 5) is 13.3. The van der Waals surface area contributed by atoms with Crippen molar-refractivity contribution in [2.24, 2.45) is 0 Å². The molecule has 0 spiro atoms. The van der Waals surface area contributed by atoms with Gasteiger partial charge in [0.15, 0.2) is 0 Å². The van der Waals surface area contributed by atoms with Gasteiger partial charge in [-0.3, -0.25) is 4.79 Å². The van der Waals surface area contributed by atoms with Crippen molar-refractivity contribution in [2.45, 2.75) is 18.2 Å². The van der Waals surface area contributed by atoms with Crippen molar-refractivity contribution >= 4 is 21.8 Å². The molecule has 1 aromatic rings. The summed E-state index contributed by atoms with van der Waals surface area (Å²) in [5, 5.41) is 0. The first-order chi connectivity index (χ1) is 7.91. The number of amides is 1. The molecule has 1 unspecified atom stereocenters. The molecular weight excluding hydrogens is 292 g/mol. The van der Waals surface area contributed by atoms with Crippen molar-refractivity contribution in [3.8, 4) is 0 Å². The third-order valence-electron chi connectivity index (χ3n) is 2.34. The Hall–Kier alpha value is -0.970. The number of halogens is 3. The standard InChI is InChI=1S/C12H14BrF2NO/c1-8(13)7-16(2)12(17)6-9-10(14)4-3-5-11(9)15/h3-5,8H,6-7H2,1-2H3. The summed E-state index contributed by atoms with van der Waals surface area (Å²) < 4.78 is 26.6. The first kappa shape index (κ1) is 14.1. The Bertz CT molecular complexity index is 389. The predicted molar refractivity (Wildman–Crippen MR) is 66.1 cm³/mol. The van der Waals surface area contributed by atoms with Crippen molar-refractivity contribution < 1.29 is 13.6 Å². The summed E-state index contributed by atoms with van der Waals surface area (Å²) in [7, 11) is 1.61. The topological polar surface area (TPSA) is 20.3 Å². The fraction of sp³-hybridized carbons (Fsp3) is 0.417. The zero-order chi connectivity index (χ0) is 13.0. The minimum absolute atomic E-state index is 0.141. The van der Waals surface area contributed by atoms with Crippen LogP contribution in [-0.4, -0.2) is 29.2 Å². The molecule has 0 heterocycles. The third kappa shape index (κ3) is 4.07. The van der Waals surface area contributed by atoms with Gasteiger partial charge in [-0.05, 0) is 12.1 Å². The number of nitrogens with zero attached hydrogens (tertiary/aromatic N) is 1. The van der Waals surface area contributed by atoms with Crippen LogP contribution < -0.4 is 0 Å². The average Bonchev–Trinajstić information content (AvgIpc) is 2.22. The number of rotatable bonds is 4. The molecule has 0 fully saturated rings. The molecule has 0 aliphatic carbocycles. The predicted octanol–water partition coefficient (Wildman–Crippen LogP) is 2.75. The molecule has 1 atom stereocenters. The summed E-state index contributed by atoms with van der Waals surface area (Å²) in [6.45, 7) is 2.39. The van der Waals surface area contributed by atoms with Gasteiger partial charge in [0.05, 0.1) is 6.42 Å². The van der Waals surface area contributed by atoms with Crippen LogP contribution in [0.3, 0.4) is 0 Å². The van der Waals surface area contributed by atoms with Crippen LogP contribution in [0.2, 0.25) is 0 Å². The van der Waals surface area contributed by atoms with E-state index in [9.17, 15) is 13.6 Å². The van der Waals surface area contributed by atoms with Gasteiger partial charge in [-0.15, -0.1) is 0 Å². The number of alkyl halides is 1. The van der Waals surface area contributed by atoms with Crippen molar-refractivity contribution in [3.05, 3.63) is 35.4 Å². The largest absolute Gasteiger partial charge is 0.344 e. The van der Waals surface area contributed by atoms with Crippen molar-refractivity contribution in [1.29, 1.82) is 0 Å². The molecule has 2 nitrogen and oxygen atoms in total. The number of hydrogen-bond acceptors (Lipinski definition) is 1. The number of likely N-dealkylation sites (N-methyl/N-ethyl adjacent to an activating group) is 1. The van der Waals surface area contributed by atoms with Gasteiger partial charge in [-0.25, -0.2) is 8.78 Å². The summed E-state index contributed by atoms with van der Waals surface area (Å²) in [5.41, 5.74) is -0.174. The Morgan fingerprint density at radius 1 is 1.41 bits per heavy atom. The Morgan fingerprint density at radius 3 is 2.41 bits per heavy atom. The van der Waals surface area contributed by atoms with Crippen molar-refractivity contribution in [2.75, 3.05) is 13.6 Å². The molecule has 0 aliphatic heterocycles. The highest BCUT2D eigenvalue weighted by molar-refractivity contribution is 9.09. The van der Waals surface area contributed by atoms with Gasteiger partial charge in [-0.2, -0.15) is 0 Å². The van der Waals surface area contributed by atoms with Crippen LogP contribution in [0.25, 0.3) is 0 Å². The fourth-order valence-electron chi connectivity index (χ4n) is 1.47. The molecule has 1 aromatic carbocycles. The Morgan fingerprint density at radius 2 is 1.94 bits per heavy atom. The Labute approximate surface area is 108 Å². The SMILES string of the molecule is CC(Br)CN(C)C(=O)Cc1c(F)cccc1F. The Balaban J connectivity index is 2.74. The van der Waals surface area contributed by atoms with E-state index in [1.165, 1.54) is 11.0 Å². The quantitative estimate of drug-likeness (QED) is 0.783. The monoisotopic (exact) mass is 305 g/mol. The minimum Gasteiger partial charge on any atom is -0.344 e. The van der Waals surface area contributed by atoms with Gasteiger partial charge in [0, 0.05) is 24.0 Å². The van der Waals surface area contributed by atoms with Crippen LogP contribution in [0.4, 0.5) is 8.78 Å². The highest BCUT2D eigenvalue weighted by atomic mass is 79.9. The molecule has 1 amide bonds. The summed E-state index contributed by atoms with van der Waals surface area (Å²) >= 11 is 3.32.